The zero-order chi connectivity index (χ0) is 96.9. The molecule has 8 nitrogen and oxygen atoms in total. The van der Waals surface area contributed by atoms with Crippen LogP contribution in [0.15, 0.2) is 532 Å². The first kappa shape index (κ1) is 82.9. The van der Waals surface area contributed by atoms with Gasteiger partial charge in [-0.15, -0.1) is 0 Å². The van der Waals surface area contributed by atoms with Gasteiger partial charge in [0.05, 0.1) is 82.8 Å². The monoisotopic (exact) mass is 1880 g/mol. The number of fused-ring (bicyclic) bond motifs is 30. The van der Waals surface area contributed by atoms with E-state index in [1.807, 2.05) is 12.1 Å². The van der Waals surface area contributed by atoms with E-state index in [9.17, 15) is 0 Å². The quantitative estimate of drug-likeness (QED) is 0.135. The SMILES string of the molecule is c1ccc(-c2ccccc2-c2cccc(-n3c4ccc5c(c6ccccc6n5-c5ccccc5)c4c4ccc5ccccc5c43)c2)cc1.c1ccc(-n2c3ccccc3c3c(-c4cccc(-n5c6cccc7c8ccccc8n8c9ccccc9c9ccc5c(c76)c98)c4)cccc32)cc1.c1ccc(-n2c3ccccc3c3ccc4c(c5ccc6ccccc6c5n4-c4ccc(-c5cccc6oc7ccccc7c56)cc4)c32)cc1. The number of furan rings is 1. The van der Waals surface area contributed by atoms with E-state index in [0.717, 1.165) is 50.3 Å². The largest absolute Gasteiger partial charge is 0.456 e. The lowest BCUT2D eigenvalue weighted by Gasteiger charge is -2.14. The van der Waals surface area contributed by atoms with Crippen molar-refractivity contribution in [2.24, 2.45) is 0 Å². The van der Waals surface area contributed by atoms with Crippen molar-refractivity contribution in [1.82, 2.24) is 31.8 Å². The highest BCUT2D eigenvalue weighted by molar-refractivity contribution is 6.36. The van der Waals surface area contributed by atoms with Crippen molar-refractivity contribution >= 4 is 212 Å². The van der Waals surface area contributed by atoms with Gasteiger partial charge in [0.25, 0.3) is 0 Å². The lowest BCUT2D eigenvalue weighted by atomic mass is 9.94. The van der Waals surface area contributed by atoms with Crippen molar-refractivity contribution in [3.63, 3.8) is 0 Å². The van der Waals surface area contributed by atoms with Crippen LogP contribution in [-0.2, 0) is 0 Å². The smallest absolute Gasteiger partial charge is 0.136 e. The van der Waals surface area contributed by atoms with Gasteiger partial charge in [-0.25, -0.2) is 0 Å². The maximum Gasteiger partial charge on any atom is 0.136 e. The van der Waals surface area contributed by atoms with E-state index in [0.29, 0.717) is 0 Å². The van der Waals surface area contributed by atoms with E-state index in [1.165, 1.54) is 241 Å². The third-order valence-corrected chi connectivity index (χ3v) is 31.3. The minimum Gasteiger partial charge on any atom is -0.456 e. The van der Waals surface area contributed by atoms with Crippen LogP contribution in [0, 0.1) is 0 Å². The Bertz CT molecular complexity index is 11300. The second kappa shape index (κ2) is 32.9. The van der Waals surface area contributed by atoms with Gasteiger partial charge in [-0.1, -0.05) is 376 Å². The van der Waals surface area contributed by atoms with Crippen LogP contribution in [0.2, 0.25) is 0 Å². The molecule has 33 aromatic rings. The average Bonchev–Trinajstić information content (AvgIpc) is 1.53. The maximum absolute atomic E-state index is 6.23. The molecule has 0 saturated heterocycles. The number of hydrogen-bond acceptors (Lipinski definition) is 1. The molecule has 0 N–H and O–H groups in total. The summed E-state index contributed by atoms with van der Waals surface area (Å²) in [4.78, 5) is 0. The van der Waals surface area contributed by atoms with Crippen molar-refractivity contribution in [3.05, 3.63) is 528 Å². The summed E-state index contributed by atoms with van der Waals surface area (Å²) < 4.78 is 23.4. The summed E-state index contributed by atoms with van der Waals surface area (Å²) in [7, 11) is 0. The van der Waals surface area contributed by atoms with E-state index in [-0.39, 0.29) is 0 Å². The van der Waals surface area contributed by atoms with Crippen molar-refractivity contribution in [3.8, 4) is 78.6 Å². The Kier molecular flexibility index (Phi) is 18.4. The molecule has 0 aliphatic rings. The van der Waals surface area contributed by atoms with Gasteiger partial charge in [-0.05, 0) is 212 Å². The number of benzene rings is 24. The van der Waals surface area contributed by atoms with Gasteiger partial charge in [0.15, 0.2) is 0 Å². The first-order valence-corrected chi connectivity index (χ1v) is 50.9. The van der Waals surface area contributed by atoms with Crippen LogP contribution in [0.25, 0.3) is 291 Å². The topological polar surface area (TPSA) is 47.1 Å². The molecule has 0 amide bonds. The van der Waals surface area contributed by atoms with Crippen LogP contribution in [0.3, 0.4) is 0 Å². The van der Waals surface area contributed by atoms with Crippen LogP contribution in [0.5, 0.6) is 0 Å². The van der Waals surface area contributed by atoms with Crippen LogP contribution < -0.4 is 0 Å². The molecule has 0 spiro atoms. The van der Waals surface area contributed by atoms with E-state index in [1.54, 1.807) is 0 Å². The van der Waals surface area contributed by atoms with Gasteiger partial charge in [-0.3, -0.25) is 0 Å². The molecule has 0 saturated carbocycles. The predicted molar refractivity (Wildman–Crippen MR) is 624 cm³/mol. The zero-order valence-corrected chi connectivity index (χ0v) is 80.3. The Labute approximate surface area is 848 Å². The molecule has 0 atom stereocenters. The predicted octanol–water partition coefficient (Wildman–Crippen LogP) is 37.7. The van der Waals surface area contributed by atoms with Gasteiger partial charge < -0.3 is 36.2 Å². The Morgan fingerprint density at radius 3 is 1.06 bits per heavy atom. The third-order valence-electron chi connectivity index (χ3n) is 31.3. The average molecular weight is 1880 g/mol. The summed E-state index contributed by atoms with van der Waals surface area (Å²) in [5, 5.41) is 27.7. The molecule has 148 heavy (non-hydrogen) atoms. The van der Waals surface area contributed by atoms with E-state index in [4.69, 9.17) is 4.42 Å². The summed E-state index contributed by atoms with van der Waals surface area (Å²) >= 11 is 0. The van der Waals surface area contributed by atoms with E-state index >= 15 is 0 Å². The van der Waals surface area contributed by atoms with Gasteiger partial charge >= 0.3 is 0 Å². The lowest BCUT2D eigenvalue weighted by Crippen LogP contribution is -1.96. The zero-order valence-electron chi connectivity index (χ0n) is 80.3. The van der Waals surface area contributed by atoms with Crippen LogP contribution >= 0.6 is 0 Å². The number of rotatable bonds is 10. The molecule has 9 aromatic heterocycles. The molecule has 0 unspecified atom stereocenters. The van der Waals surface area contributed by atoms with Crippen LogP contribution in [-0.4, -0.2) is 31.8 Å². The van der Waals surface area contributed by atoms with Gasteiger partial charge in [-0.2, -0.15) is 0 Å². The standard InChI is InChI=1S/C48H29N3.C46H28N2O.C46H30N2/c1-2-14-31(15-3-1)49-41-24-9-6-19-38(41)45-33(20-11-25-42(45)49)30-13-10-16-32(29-30)50-43-26-12-21-36-34-17-4-7-22-39(34)51-40-23-8-5-18-35(40)37-27-28-44(50)47(46(36)43)48(37)51;1-2-12-31(13-3-1)47-39-18-8-6-15-35(39)36-27-28-40-44(46(36)47)38-26-23-29-11-4-5-14-34(29)45(38)48(40)32-24-21-30(22-25-32)33-17-10-20-42-43(33)37-16-7-9-19-41(37)49-42;1-3-14-31(15-4-1)36-21-9-10-22-37(36)33-17-13-20-35(30-33)48-43-29-28-42-44(45(43)40-27-26-32-16-7-8-23-38(32)46(40)48)39-24-11-12-25-41(39)47(42)34-18-5-2-6-19-34/h1-29H;1-28H;1-30H. The molecular weight excluding hydrogens is 1800 g/mol. The normalized spacial score (nSPS) is 12.1. The van der Waals surface area contributed by atoms with E-state index < -0.39 is 0 Å². The summed E-state index contributed by atoms with van der Waals surface area (Å²) in [6.07, 6.45) is 0. The van der Waals surface area contributed by atoms with Crippen molar-refractivity contribution in [2.45, 2.75) is 0 Å². The molecular formula is C140H87N7O. The fourth-order valence-corrected chi connectivity index (χ4v) is 25.3. The first-order valence-electron chi connectivity index (χ1n) is 50.9. The Morgan fingerprint density at radius 2 is 0.446 bits per heavy atom. The highest BCUT2D eigenvalue weighted by atomic mass is 16.3. The molecule has 688 valence electrons. The van der Waals surface area contributed by atoms with Crippen LogP contribution in [0.1, 0.15) is 0 Å². The molecule has 0 radical (unpaired) electrons. The van der Waals surface area contributed by atoms with Gasteiger partial charge in [0, 0.05) is 136 Å². The molecule has 33 rings (SSSR count). The maximum atomic E-state index is 6.23. The molecule has 9 heterocycles. The van der Waals surface area contributed by atoms with Crippen LogP contribution in [0.4, 0.5) is 0 Å². The second-order valence-corrected chi connectivity index (χ2v) is 39.1. The minimum absolute atomic E-state index is 0.912. The minimum atomic E-state index is 0.912. The third kappa shape index (κ3) is 12.4. The summed E-state index contributed by atoms with van der Waals surface area (Å²) in [5.41, 5.74) is 36.8. The fraction of sp³-hybridized carbons (Fsp3) is 0. The fourth-order valence-electron chi connectivity index (χ4n) is 25.3. The summed E-state index contributed by atoms with van der Waals surface area (Å²) in [6.45, 7) is 0. The van der Waals surface area contributed by atoms with Crippen molar-refractivity contribution in [1.29, 1.82) is 0 Å². The molecule has 24 aromatic carbocycles. The molecule has 8 heteroatoms. The van der Waals surface area contributed by atoms with Crippen molar-refractivity contribution < 1.29 is 4.42 Å². The molecule has 0 aliphatic carbocycles. The van der Waals surface area contributed by atoms with Gasteiger partial charge in [0.2, 0.25) is 0 Å². The Balaban J connectivity index is 0.000000100. The first-order chi connectivity index (χ1) is 73.5. The highest BCUT2D eigenvalue weighted by Gasteiger charge is 2.30. The lowest BCUT2D eigenvalue weighted by molar-refractivity contribution is 0.669. The van der Waals surface area contributed by atoms with Gasteiger partial charge in [0.1, 0.15) is 11.2 Å². The Hall–Kier alpha value is -19.8. The number of aromatic nitrogens is 7. The number of hydrogen-bond donors (Lipinski definition) is 0. The summed E-state index contributed by atoms with van der Waals surface area (Å²) in [6, 6.07) is 192. The van der Waals surface area contributed by atoms with Crippen molar-refractivity contribution in [2.75, 3.05) is 0 Å². The second-order valence-electron chi connectivity index (χ2n) is 39.1. The Morgan fingerprint density at radius 1 is 0.128 bits per heavy atom. The van der Waals surface area contributed by atoms with E-state index in [2.05, 4.69) is 547 Å². The number of para-hydroxylation sites is 9. The molecule has 0 fully saturated rings. The highest BCUT2D eigenvalue weighted by Crippen LogP contribution is 2.52. The summed E-state index contributed by atoms with van der Waals surface area (Å²) in [5.74, 6) is 0. The molecule has 0 aliphatic heterocycles. The molecule has 0 bridgehead atoms. The number of nitrogens with zero attached hydrogens (tertiary/aromatic N) is 7.